The van der Waals surface area contributed by atoms with E-state index < -0.39 is 0 Å². The van der Waals surface area contributed by atoms with Gasteiger partial charge in [0.1, 0.15) is 0 Å². The van der Waals surface area contributed by atoms with Gasteiger partial charge in [0.05, 0.1) is 6.54 Å². The highest BCUT2D eigenvalue weighted by atomic mass is 79.9. The number of carbonyl (C=O) groups is 1. The van der Waals surface area contributed by atoms with E-state index in [2.05, 4.69) is 49.8 Å². The predicted octanol–water partition coefficient (Wildman–Crippen LogP) is 6.93. The van der Waals surface area contributed by atoms with Gasteiger partial charge in [-0.1, -0.05) is 58.9 Å². The van der Waals surface area contributed by atoms with E-state index in [0.29, 0.717) is 12.6 Å². The van der Waals surface area contributed by atoms with Crippen LogP contribution in [0.15, 0.2) is 71.3 Å². The normalized spacial score (nSPS) is 14.6. The molecule has 1 heterocycles. The lowest BCUT2D eigenvalue weighted by molar-refractivity contribution is 0.0608. The van der Waals surface area contributed by atoms with Crippen LogP contribution in [0, 0.1) is 0 Å². The van der Waals surface area contributed by atoms with Crippen molar-refractivity contribution in [2.75, 3.05) is 0 Å². The molecular formula is C25H26BrClN2O. The maximum atomic E-state index is 13.5. The molecule has 5 heteroatoms. The van der Waals surface area contributed by atoms with Crippen molar-refractivity contribution in [3.05, 3.63) is 93.2 Å². The molecule has 4 rings (SSSR count). The van der Waals surface area contributed by atoms with Crippen LogP contribution in [0.2, 0.25) is 5.02 Å². The summed E-state index contributed by atoms with van der Waals surface area (Å²) in [5.41, 5.74) is 3.05. The zero-order valence-corrected chi connectivity index (χ0v) is 19.3. The Balaban J connectivity index is 1.58. The van der Waals surface area contributed by atoms with E-state index in [1.165, 1.54) is 19.3 Å². The highest BCUT2D eigenvalue weighted by molar-refractivity contribution is 9.10. The lowest BCUT2D eigenvalue weighted by atomic mass is 9.93. The largest absolute Gasteiger partial charge is 0.345 e. The Morgan fingerprint density at radius 3 is 2.53 bits per heavy atom. The molecule has 1 aliphatic carbocycles. The first-order valence-electron chi connectivity index (χ1n) is 10.5. The zero-order valence-electron chi connectivity index (χ0n) is 16.9. The molecule has 3 nitrogen and oxygen atoms in total. The summed E-state index contributed by atoms with van der Waals surface area (Å²) in [7, 11) is 0. The minimum absolute atomic E-state index is 0.116. The van der Waals surface area contributed by atoms with Crippen LogP contribution in [0.4, 0.5) is 0 Å². The van der Waals surface area contributed by atoms with Crippen molar-refractivity contribution in [2.45, 2.75) is 51.2 Å². The first kappa shape index (κ1) is 21.2. The molecule has 0 bridgehead atoms. The first-order chi connectivity index (χ1) is 14.6. The Kier molecular flexibility index (Phi) is 6.96. The second-order valence-corrected chi connectivity index (χ2v) is 9.34. The third-order valence-electron chi connectivity index (χ3n) is 5.87. The van der Waals surface area contributed by atoms with Crippen LogP contribution in [-0.4, -0.2) is 21.4 Å². The van der Waals surface area contributed by atoms with Crippen molar-refractivity contribution in [1.82, 2.24) is 9.47 Å². The molecule has 1 aliphatic rings. The Morgan fingerprint density at radius 2 is 1.80 bits per heavy atom. The summed E-state index contributed by atoms with van der Waals surface area (Å²) in [6.45, 7) is 1.36. The lowest BCUT2D eigenvalue weighted by Gasteiger charge is -2.35. The van der Waals surface area contributed by atoms with Gasteiger partial charge in [-0.25, -0.2) is 0 Å². The second kappa shape index (κ2) is 9.84. The molecule has 3 aromatic rings. The SMILES string of the molecule is O=C(c1ccc(Br)cc1)N(Cc1cccn1Cc1cccc(Cl)c1)C1CCCCC1. The van der Waals surface area contributed by atoms with Crippen molar-refractivity contribution in [2.24, 2.45) is 0 Å². The number of amides is 1. The fraction of sp³-hybridized carbons (Fsp3) is 0.320. The van der Waals surface area contributed by atoms with E-state index in [9.17, 15) is 4.79 Å². The molecule has 0 radical (unpaired) electrons. The smallest absolute Gasteiger partial charge is 0.254 e. The molecule has 1 aromatic heterocycles. The van der Waals surface area contributed by atoms with E-state index in [-0.39, 0.29) is 5.91 Å². The van der Waals surface area contributed by atoms with Gasteiger partial charge in [0, 0.05) is 39.5 Å². The number of nitrogens with zero attached hydrogens (tertiary/aromatic N) is 2. The van der Waals surface area contributed by atoms with Gasteiger partial charge in [0.15, 0.2) is 0 Å². The summed E-state index contributed by atoms with van der Waals surface area (Å²) < 4.78 is 3.20. The molecule has 0 aliphatic heterocycles. The van der Waals surface area contributed by atoms with E-state index in [0.717, 1.165) is 45.7 Å². The Morgan fingerprint density at radius 1 is 1.03 bits per heavy atom. The molecule has 1 amide bonds. The van der Waals surface area contributed by atoms with E-state index in [1.54, 1.807) is 0 Å². The fourth-order valence-corrected chi connectivity index (χ4v) is 4.75. The number of aromatic nitrogens is 1. The topological polar surface area (TPSA) is 25.2 Å². The average Bonchev–Trinajstić information content (AvgIpc) is 3.19. The molecule has 2 aromatic carbocycles. The average molecular weight is 486 g/mol. The van der Waals surface area contributed by atoms with Crippen LogP contribution in [0.25, 0.3) is 0 Å². The zero-order chi connectivity index (χ0) is 20.9. The molecule has 1 saturated carbocycles. The number of halogens is 2. The summed E-state index contributed by atoms with van der Waals surface area (Å²) in [6.07, 6.45) is 7.90. The molecule has 0 saturated heterocycles. The number of hydrogen-bond donors (Lipinski definition) is 0. The van der Waals surface area contributed by atoms with Crippen LogP contribution in [0.3, 0.4) is 0 Å². The summed E-state index contributed by atoms with van der Waals surface area (Å²) >= 11 is 9.63. The van der Waals surface area contributed by atoms with Gasteiger partial charge < -0.3 is 9.47 Å². The second-order valence-electron chi connectivity index (χ2n) is 7.99. The van der Waals surface area contributed by atoms with Crippen molar-refractivity contribution < 1.29 is 4.79 Å². The third-order valence-corrected chi connectivity index (χ3v) is 6.63. The minimum atomic E-state index is 0.116. The van der Waals surface area contributed by atoms with Crippen LogP contribution in [0.1, 0.15) is 53.7 Å². The van der Waals surface area contributed by atoms with E-state index in [1.807, 2.05) is 42.5 Å². The Bertz CT molecular complexity index is 992. The number of hydrogen-bond acceptors (Lipinski definition) is 1. The van der Waals surface area contributed by atoms with Crippen molar-refractivity contribution in [1.29, 1.82) is 0 Å². The molecular weight excluding hydrogens is 460 g/mol. The summed E-state index contributed by atoms with van der Waals surface area (Å²) in [5, 5.41) is 0.746. The molecule has 0 N–H and O–H groups in total. The van der Waals surface area contributed by atoms with Crippen LogP contribution in [0.5, 0.6) is 0 Å². The summed E-state index contributed by atoms with van der Waals surface area (Å²) in [6, 6.07) is 20.1. The van der Waals surface area contributed by atoms with Gasteiger partial charge in [0.25, 0.3) is 5.91 Å². The van der Waals surface area contributed by atoms with Crippen LogP contribution < -0.4 is 0 Å². The van der Waals surface area contributed by atoms with Gasteiger partial charge in [0.2, 0.25) is 0 Å². The van der Waals surface area contributed by atoms with E-state index in [4.69, 9.17) is 11.6 Å². The maximum Gasteiger partial charge on any atom is 0.254 e. The highest BCUT2D eigenvalue weighted by Crippen LogP contribution is 2.26. The standard InChI is InChI=1S/C25H26BrClN2O/c26-21-13-11-20(12-14-21)25(30)29(23-8-2-1-3-9-23)18-24-10-5-15-28(24)17-19-6-4-7-22(27)16-19/h4-7,10-16,23H,1-3,8-9,17-18H2. The van der Waals surface area contributed by atoms with E-state index >= 15 is 0 Å². The fourth-order valence-electron chi connectivity index (χ4n) is 4.27. The maximum absolute atomic E-state index is 13.5. The van der Waals surface area contributed by atoms with Gasteiger partial charge >= 0.3 is 0 Å². The van der Waals surface area contributed by atoms with Crippen LogP contribution >= 0.6 is 27.5 Å². The number of benzene rings is 2. The molecule has 30 heavy (non-hydrogen) atoms. The monoisotopic (exact) mass is 484 g/mol. The summed E-state index contributed by atoms with van der Waals surface area (Å²) in [4.78, 5) is 15.6. The van der Waals surface area contributed by atoms with Crippen molar-refractivity contribution in [3.63, 3.8) is 0 Å². The first-order valence-corrected chi connectivity index (χ1v) is 11.7. The highest BCUT2D eigenvalue weighted by Gasteiger charge is 2.27. The Hall–Kier alpha value is -2.04. The molecule has 0 spiro atoms. The van der Waals surface area contributed by atoms with Gasteiger partial charge in [-0.05, 0) is 66.9 Å². The summed E-state index contributed by atoms with van der Waals surface area (Å²) in [5.74, 6) is 0.116. The van der Waals surface area contributed by atoms with Crippen LogP contribution in [-0.2, 0) is 13.1 Å². The van der Waals surface area contributed by atoms with Crippen molar-refractivity contribution >= 4 is 33.4 Å². The number of carbonyl (C=O) groups excluding carboxylic acids is 1. The van der Waals surface area contributed by atoms with Crippen molar-refractivity contribution in [3.8, 4) is 0 Å². The minimum Gasteiger partial charge on any atom is -0.345 e. The quantitative estimate of drug-likeness (QED) is 0.372. The Labute approximate surface area is 191 Å². The predicted molar refractivity (Wildman–Crippen MR) is 126 cm³/mol. The van der Waals surface area contributed by atoms with Gasteiger partial charge in [-0.2, -0.15) is 0 Å². The number of rotatable bonds is 6. The molecule has 0 unspecified atom stereocenters. The third kappa shape index (κ3) is 5.16. The molecule has 156 valence electrons. The molecule has 0 atom stereocenters. The van der Waals surface area contributed by atoms with Gasteiger partial charge in [-0.15, -0.1) is 0 Å². The molecule has 1 fully saturated rings. The van der Waals surface area contributed by atoms with Gasteiger partial charge in [-0.3, -0.25) is 4.79 Å². The lowest BCUT2D eigenvalue weighted by Crippen LogP contribution is -2.41.